The lowest BCUT2D eigenvalue weighted by molar-refractivity contribution is 0.241. The van der Waals surface area contributed by atoms with Gasteiger partial charge in [0.05, 0.1) is 0 Å². The quantitative estimate of drug-likeness (QED) is 0.130. The van der Waals surface area contributed by atoms with Crippen molar-refractivity contribution in [2.45, 2.75) is 115 Å². The van der Waals surface area contributed by atoms with E-state index in [1.807, 2.05) is 0 Å². The first-order chi connectivity index (χ1) is 18.7. The molecule has 3 aromatic rings. The van der Waals surface area contributed by atoms with Gasteiger partial charge in [-0.3, -0.25) is 0 Å². The summed E-state index contributed by atoms with van der Waals surface area (Å²) >= 11 is 0. The van der Waals surface area contributed by atoms with Crippen molar-refractivity contribution in [2.75, 3.05) is 0 Å². The number of halogens is 1. The van der Waals surface area contributed by atoms with Crippen LogP contribution in [-0.2, 0) is 19.3 Å². The maximum absolute atomic E-state index is 7.49. The molecule has 3 rings (SSSR count). The second-order valence-corrected chi connectivity index (χ2v) is 11.6. The van der Waals surface area contributed by atoms with Crippen LogP contribution >= 0.6 is 17.0 Å². The molecule has 0 amide bonds. The van der Waals surface area contributed by atoms with Gasteiger partial charge in [0.2, 0.25) is 0 Å². The molecular formula is C37H54BrN. The standard InChI is InChI=1S/C37H53N.BrH/c1-2-3-4-5-6-7-8-9-10-11-12-22-29-36(30-33-23-16-13-17-24-33)37(38,31-34-25-18-14-19-26-34)32-35-27-20-15-21-28-35;/h13-21,23-28,36H,2-12,22,29-32,38H2,1H3;1H. The average Bonchev–Trinajstić information content (AvgIpc) is 2.94. The van der Waals surface area contributed by atoms with Crippen LogP contribution in [0.3, 0.4) is 0 Å². The van der Waals surface area contributed by atoms with Crippen LogP contribution in [0.2, 0.25) is 0 Å². The smallest absolute Gasteiger partial charge is 0.0267 e. The zero-order valence-electron chi connectivity index (χ0n) is 24.5. The lowest BCUT2D eigenvalue weighted by atomic mass is 9.71. The van der Waals surface area contributed by atoms with Gasteiger partial charge in [0.25, 0.3) is 0 Å². The fourth-order valence-electron chi connectivity index (χ4n) is 6.03. The third-order valence-corrected chi connectivity index (χ3v) is 8.30. The minimum atomic E-state index is -0.281. The van der Waals surface area contributed by atoms with Crippen molar-refractivity contribution in [3.05, 3.63) is 108 Å². The normalized spacial score (nSPS) is 12.2. The Labute approximate surface area is 250 Å². The van der Waals surface area contributed by atoms with Gasteiger partial charge in [0.15, 0.2) is 0 Å². The molecule has 0 spiro atoms. The van der Waals surface area contributed by atoms with E-state index in [9.17, 15) is 0 Å². The molecule has 0 aliphatic rings. The highest BCUT2D eigenvalue weighted by Crippen LogP contribution is 2.32. The lowest BCUT2D eigenvalue weighted by Gasteiger charge is -2.39. The predicted molar refractivity (Wildman–Crippen MR) is 177 cm³/mol. The van der Waals surface area contributed by atoms with Crippen molar-refractivity contribution in [1.29, 1.82) is 0 Å². The van der Waals surface area contributed by atoms with E-state index in [0.717, 1.165) is 19.3 Å². The van der Waals surface area contributed by atoms with Gasteiger partial charge < -0.3 is 5.73 Å². The molecule has 0 aromatic heterocycles. The van der Waals surface area contributed by atoms with E-state index < -0.39 is 0 Å². The van der Waals surface area contributed by atoms with Crippen LogP contribution in [-0.4, -0.2) is 5.54 Å². The number of rotatable bonds is 20. The Hall–Kier alpha value is -1.90. The van der Waals surface area contributed by atoms with Gasteiger partial charge in [-0.05, 0) is 48.3 Å². The predicted octanol–water partition coefficient (Wildman–Crippen LogP) is 10.7. The van der Waals surface area contributed by atoms with E-state index in [1.165, 1.54) is 100 Å². The average molecular weight is 593 g/mol. The highest BCUT2D eigenvalue weighted by atomic mass is 79.9. The fraction of sp³-hybridized carbons (Fsp3) is 0.514. The fourth-order valence-corrected chi connectivity index (χ4v) is 6.03. The van der Waals surface area contributed by atoms with E-state index in [4.69, 9.17) is 5.73 Å². The molecule has 2 N–H and O–H groups in total. The second-order valence-electron chi connectivity index (χ2n) is 11.6. The van der Waals surface area contributed by atoms with Crippen molar-refractivity contribution >= 4 is 17.0 Å². The minimum Gasteiger partial charge on any atom is -0.324 e. The number of hydrogen-bond acceptors (Lipinski definition) is 1. The van der Waals surface area contributed by atoms with E-state index in [2.05, 4.69) is 97.9 Å². The molecule has 1 unspecified atom stereocenters. The molecule has 0 saturated heterocycles. The zero-order chi connectivity index (χ0) is 26.7. The molecule has 0 radical (unpaired) electrons. The minimum absolute atomic E-state index is 0. The summed E-state index contributed by atoms with van der Waals surface area (Å²) in [5, 5.41) is 0. The van der Waals surface area contributed by atoms with Gasteiger partial charge in [0.1, 0.15) is 0 Å². The lowest BCUT2D eigenvalue weighted by Crippen LogP contribution is -2.52. The number of unbranched alkanes of at least 4 members (excludes halogenated alkanes) is 11. The summed E-state index contributed by atoms with van der Waals surface area (Å²) in [5.74, 6) is 0.438. The van der Waals surface area contributed by atoms with E-state index in [0.29, 0.717) is 5.92 Å². The molecule has 0 heterocycles. The number of hydrogen-bond donors (Lipinski definition) is 1. The SMILES string of the molecule is Br.CCCCCCCCCCCCCCC(Cc1ccccc1)C(N)(Cc1ccccc1)Cc1ccccc1. The maximum atomic E-state index is 7.49. The molecule has 0 aliphatic heterocycles. The Morgan fingerprint density at radius 1 is 0.513 bits per heavy atom. The second kappa shape index (κ2) is 20.0. The first-order valence-electron chi connectivity index (χ1n) is 15.6. The monoisotopic (exact) mass is 591 g/mol. The Bertz CT molecular complexity index is 915. The molecule has 1 atom stereocenters. The highest BCUT2D eigenvalue weighted by Gasteiger charge is 2.35. The first kappa shape index (κ1) is 33.3. The summed E-state index contributed by atoms with van der Waals surface area (Å²) in [6.07, 6.45) is 20.7. The molecule has 2 heteroatoms. The van der Waals surface area contributed by atoms with Crippen molar-refractivity contribution in [2.24, 2.45) is 11.7 Å². The molecule has 0 aliphatic carbocycles. The topological polar surface area (TPSA) is 26.0 Å². The van der Waals surface area contributed by atoms with Crippen molar-refractivity contribution in [3.8, 4) is 0 Å². The van der Waals surface area contributed by atoms with Gasteiger partial charge in [-0.15, -0.1) is 17.0 Å². The number of benzene rings is 3. The summed E-state index contributed by atoms with van der Waals surface area (Å²) in [6.45, 7) is 2.30. The first-order valence-corrected chi connectivity index (χ1v) is 15.6. The van der Waals surface area contributed by atoms with Crippen LogP contribution in [0.5, 0.6) is 0 Å². The third-order valence-electron chi connectivity index (χ3n) is 8.30. The van der Waals surface area contributed by atoms with Crippen LogP contribution in [0.15, 0.2) is 91.0 Å². The number of nitrogens with two attached hydrogens (primary N) is 1. The van der Waals surface area contributed by atoms with E-state index >= 15 is 0 Å². The van der Waals surface area contributed by atoms with Crippen LogP contribution < -0.4 is 5.73 Å². The molecule has 214 valence electrons. The molecule has 0 bridgehead atoms. The Morgan fingerprint density at radius 3 is 1.28 bits per heavy atom. The Kier molecular flexibility index (Phi) is 17.1. The summed E-state index contributed by atoms with van der Waals surface area (Å²) in [7, 11) is 0. The molecule has 0 fully saturated rings. The van der Waals surface area contributed by atoms with E-state index in [1.54, 1.807) is 0 Å². The summed E-state index contributed by atoms with van der Waals surface area (Å²) in [5.41, 5.74) is 11.3. The van der Waals surface area contributed by atoms with E-state index in [-0.39, 0.29) is 22.5 Å². The Balaban J connectivity index is 0.00000533. The highest BCUT2D eigenvalue weighted by molar-refractivity contribution is 8.93. The van der Waals surface area contributed by atoms with Crippen LogP contribution in [0.1, 0.15) is 107 Å². The zero-order valence-corrected chi connectivity index (χ0v) is 26.2. The molecule has 0 saturated carbocycles. The van der Waals surface area contributed by atoms with Gasteiger partial charge >= 0.3 is 0 Å². The summed E-state index contributed by atoms with van der Waals surface area (Å²) in [6, 6.07) is 32.8. The third kappa shape index (κ3) is 13.3. The van der Waals surface area contributed by atoms with Crippen molar-refractivity contribution in [3.63, 3.8) is 0 Å². The van der Waals surface area contributed by atoms with Crippen LogP contribution in [0.4, 0.5) is 0 Å². The van der Waals surface area contributed by atoms with Gasteiger partial charge in [-0.1, -0.05) is 175 Å². The summed E-state index contributed by atoms with van der Waals surface area (Å²) in [4.78, 5) is 0. The van der Waals surface area contributed by atoms with Crippen molar-refractivity contribution < 1.29 is 0 Å². The summed E-state index contributed by atoms with van der Waals surface area (Å²) < 4.78 is 0. The van der Waals surface area contributed by atoms with Gasteiger partial charge in [-0.2, -0.15) is 0 Å². The molecular weight excluding hydrogens is 538 g/mol. The molecule has 39 heavy (non-hydrogen) atoms. The van der Waals surface area contributed by atoms with Crippen molar-refractivity contribution in [1.82, 2.24) is 0 Å². The Morgan fingerprint density at radius 2 is 0.872 bits per heavy atom. The largest absolute Gasteiger partial charge is 0.324 e. The van der Waals surface area contributed by atoms with Gasteiger partial charge in [0, 0.05) is 5.54 Å². The molecule has 3 aromatic carbocycles. The van der Waals surface area contributed by atoms with Crippen LogP contribution in [0.25, 0.3) is 0 Å². The van der Waals surface area contributed by atoms with Crippen LogP contribution in [0, 0.1) is 5.92 Å². The maximum Gasteiger partial charge on any atom is 0.0267 e. The van der Waals surface area contributed by atoms with Gasteiger partial charge in [-0.25, -0.2) is 0 Å². The molecule has 1 nitrogen and oxygen atoms in total.